The van der Waals surface area contributed by atoms with Crippen LogP contribution >= 0.6 is 11.3 Å². The van der Waals surface area contributed by atoms with Crippen LogP contribution in [0.4, 0.5) is 10.1 Å². The van der Waals surface area contributed by atoms with Gasteiger partial charge in [0.25, 0.3) is 0 Å². The van der Waals surface area contributed by atoms with E-state index in [0.29, 0.717) is 12.1 Å². The fraction of sp³-hybridized carbons (Fsp3) is 0.267. The first kappa shape index (κ1) is 16.6. The summed E-state index contributed by atoms with van der Waals surface area (Å²) in [5.41, 5.74) is 1.67. The molecule has 7 heteroatoms. The second kappa shape index (κ2) is 7.02. The maximum Gasteiger partial charge on any atom is 0.224 e. The number of anilines is 1. The highest BCUT2D eigenvalue weighted by molar-refractivity contribution is 7.89. The molecule has 0 radical (unpaired) electrons. The fourth-order valence-corrected chi connectivity index (χ4v) is 3.50. The minimum Gasteiger partial charge on any atom is -0.326 e. The molecule has 2 rings (SSSR count). The van der Waals surface area contributed by atoms with Gasteiger partial charge in [-0.15, -0.1) is 0 Å². The molecule has 0 aliphatic rings. The molecule has 0 aliphatic carbocycles. The summed E-state index contributed by atoms with van der Waals surface area (Å²) in [5, 5.41) is 6.57. The van der Waals surface area contributed by atoms with E-state index in [1.807, 2.05) is 16.8 Å². The monoisotopic (exact) mass is 341 g/mol. The zero-order chi connectivity index (χ0) is 16.2. The normalized spacial score (nSPS) is 11.4. The first-order valence-corrected chi connectivity index (χ1v) is 9.61. The van der Waals surface area contributed by atoms with Gasteiger partial charge in [-0.05, 0) is 52.6 Å². The van der Waals surface area contributed by atoms with Crippen molar-refractivity contribution in [3.63, 3.8) is 0 Å². The van der Waals surface area contributed by atoms with Gasteiger partial charge in [0.05, 0.1) is 5.75 Å². The van der Waals surface area contributed by atoms with E-state index in [9.17, 15) is 17.6 Å². The number of aryl methyl sites for hydroxylation is 1. The number of sulfone groups is 1. The molecule has 4 nitrogen and oxygen atoms in total. The van der Waals surface area contributed by atoms with Crippen molar-refractivity contribution < 1.29 is 17.6 Å². The van der Waals surface area contributed by atoms with E-state index in [0.717, 1.165) is 17.9 Å². The molecule has 1 aromatic carbocycles. The molecule has 22 heavy (non-hydrogen) atoms. The van der Waals surface area contributed by atoms with Gasteiger partial charge in [-0.1, -0.05) is 0 Å². The number of carbonyl (C=O) groups excluding carboxylic acids is 1. The summed E-state index contributed by atoms with van der Waals surface area (Å²) in [7, 11) is -3.32. The molecule has 1 aromatic heterocycles. The van der Waals surface area contributed by atoms with Crippen LogP contribution in [0.15, 0.2) is 35.0 Å². The van der Waals surface area contributed by atoms with Crippen molar-refractivity contribution in [2.75, 3.05) is 11.6 Å². The van der Waals surface area contributed by atoms with Crippen LogP contribution in [0.2, 0.25) is 0 Å². The quantitative estimate of drug-likeness (QED) is 0.878. The molecule has 0 saturated carbocycles. The Morgan fingerprint density at radius 3 is 2.73 bits per heavy atom. The summed E-state index contributed by atoms with van der Waals surface area (Å²) in [5.74, 6) is -1.08. The summed E-state index contributed by atoms with van der Waals surface area (Å²) < 4.78 is 36.1. The third-order valence-electron chi connectivity index (χ3n) is 2.98. The lowest BCUT2D eigenvalue weighted by molar-refractivity contribution is -0.116. The van der Waals surface area contributed by atoms with E-state index in [1.54, 1.807) is 11.3 Å². The van der Waals surface area contributed by atoms with Gasteiger partial charge >= 0.3 is 0 Å². The van der Waals surface area contributed by atoms with E-state index in [-0.39, 0.29) is 23.6 Å². The number of nitrogens with one attached hydrogen (secondary N) is 1. The Morgan fingerprint density at radius 2 is 2.09 bits per heavy atom. The van der Waals surface area contributed by atoms with E-state index in [2.05, 4.69) is 5.32 Å². The lowest BCUT2D eigenvalue weighted by Crippen LogP contribution is -2.15. The first-order valence-electron chi connectivity index (χ1n) is 6.60. The maximum absolute atomic E-state index is 13.3. The third kappa shape index (κ3) is 5.23. The van der Waals surface area contributed by atoms with Crippen LogP contribution in [0, 0.1) is 5.82 Å². The molecule has 0 aliphatic heterocycles. The Morgan fingerprint density at radius 1 is 1.32 bits per heavy atom. The summed E-state index contributed by atoms with van der Waals surface area (Å²) in [6, 6.07) is 5.67. The molecule has 0 saturated heterocycles. The van der Waals surface area contributed by atoms with Gasteiger partial charge in [0.2, 0.25) is 5.91 Å². The van der Waals surface area contributed by atoms with E-state index >= 15 is 0 Å². The van der Waals surface area contributed by atoms with Crippen LogP contribution in [-0.2, 0) is 26.8 Å². The highest BCUT2D eigenvalue weighted by atomic mass is 32.2. The number of halogens is 1. The Bertz CT molecular complexity index is 755. The zero-order valence-electron chi connectivity index (χ0n) is 12.0. The van der Waals surface area contributed by atoms with Crippen LogP contribution in [0.3, 0.4) is 0 Å². The summed E-state index contributed by atoms with van der Waals surface area (Å²) in [6.07, 6.45) is 1.96. The Kier molecular flexibility index (Phi) is 5.31. The smallest absolute Gasteiger partial charge is 0.224 e. The predicted octanol–water partition coefficient (Wildman–Crippen LogP) is 3.00. The average Bonchev–Trinajstić information content (AvgIpc) is 2.91. The van der Waals surface area contributed by atoms with Crippen molar-refractivity contribution in [3.05, 3.63) is 52.0 Å². The van der Waals surface area contributed by atoms with Gasteiger partial charge in [-0.25, -0.2) is 12.8 Å². The molecule has 0 bridgehead atoms. The minimum absolute atomic E-state index is 0.229. The van der Waals surface area contributed by atoms with Crippen molar-refractivity contribution >= 4 is 32.8 Å². The first-order chi connectivity index (χ1) is 10.3. The van der Waals surface area contributed by atoms with Gasteiger partial charge < -0.3 is 5.32 Å². The van der Waals surface area contributed by atoms with Crippen molar-refractivity contribution in [2.24, 2.45) is 0 Å². The van der Waals surface area contributed by atoms with Crippen LogP contribution in [0.5, 0.6) is 0 Å². The van der Waals surface area contributed by atoms with Crippen molar-refractivity contribution in [1.29, 1.82) is 0 Å². The minimum atomic E-state index is -3.32. The number of rotatable bonds is 6. The Balaban J connectivity index is 2.06. The molecule has 0 unspecified atom stereocenters. The van der Waals surface area contributed by atoms with Crippen LogP contribution in [0.1, 0.15) is 17.5 Å². The molecule has 0 fully saturated rings. The predicted molar refractivity (Wildman–Crippen MR) is 86.2 cm³/mol. The van der Waals surface area contributed by atoms with Crippen LogP contribution in [-0.4, -0.2) is 20.6 Å². The summed E-state index contributed by atoms with van der Waals surface area (Å²) >= 11 is 1.57. The molecule has 0 atom stereocenters. The van der Waals surface area contributed by atoms with E-state index in [1.165, 1.54) is 12.1 Å². The number of hydrogen-bond donors (Lipinski definition) is 1. The Hall–Kier alpha value is -1.73. The third-order valence-corrected chi connectivity index (χ3v) is 4.55. The van der Waals surface area contributed by atoms with Crippen molar-refractivity contribution in [3.8, 4) is 0 Å². The molecular formula is C15H16FNO3S2. The highest BCUT2D eigenvalue weighted by Gasteiger charge is 2.13. The van der Waals surface area contributed by atoms with Crippen LogP contribution < -0.4 is 5.32 Å². The lowest BCUT2D eigenvalue weighted by Gasteiger charge is -2.10. The number of hydrogen-bond acceptors (Lipinski definition) is 4. The molecule has 118 valence electrons. The second-order valence-corrected chi connectivity index (χ2v) is 7.97. The SMILES string of the molecule is CS(=O)(=O)Cc1cc(F)ccc1NC(=O)CCc1ccsc1. The summed E-state index contributed by atoms with van der Waals surface area (Å²) in [6.45, 7) is 0. The average molecular weight is 341 g/mol. The molecular weight excluding hydrogens is 325 g/mol. The standard InChI is InChI=1S/C15H16FNO3S2/c1-22(19,20)10-12-8-13(16)3-4-14(12)17-15(18)5-2-11-6-7-21-9-11/h3-4,6-9H,2,5,10H2,1H3,(H,17,18). The summed E-state index contributed by atoms with van der Waals surface area (Å²) in [4.78, 5) is 12.0. The highest BCUT2D eigenvalue weighted by Crippen LogP contribution is 2.20. The largest absolute Gasteiger partial charge is 0.326 e. The zero-order valence-corrected chi connectivity index (χ0v) is 13.6. The Labute approximate surface area is 132 Å². The van der Waals surface area contributed by atoms with Gasteiger partial charge in [0.1, 0.15) is 5.82 Å². The van der Waals surface area contributed by atoms with Gasteiger partial charge in [0, 0.05) is 18.4 Å². The van der Waals surface area contributed by atoms with Crippen molar-refractivity contribution in [2.45, 2.75) is 18.6 Å². The van der Waals surface area contributed by atoms with Gasteiger partial charge in [0.15, 0.2) is 9.84 Å². The van der Waals surface area contributed by atoms with Crippen LogP contribution in [0.25, 0.3) is 0 Å². The van der Waals surface area contributed by atoms with E-state index in [4.69, 9.17) is 0 Å². The lowest BCUT2D eigenvalue weighted by atomic mass is 10.1. The molecule has 1 amide bonds. The number of benzene rings is 1. The maximum atomic E-state index is 13.3. The molecule has 1 heterocycles. The number of amides is 1. The van der Waals surface area contributed by atoms with Gasteiger partial charge in [-0.3, -0.25) is 4.79 Å². The van der Waals surface area contributed by atoms with E-state index < -0.39 is 15.7 Å². The molecule has 1 N–H and O–H groups in total. The van der Waals surface area contributed by atoms with Gasteiger partial charge in [-0.2, -0.15) is 11.3 Å². The molecule has 0 spiro atoms. The fourth-order valence-electron chi connectivity index (χ4n) is 1.99. The second-order valence-electron chi connectivity index (χ2n) is 5.05. The number of carbonyl (C=O) groups is 1. The molecule has 2 aromatic rings. The number of thiophene rings is 1. The topological polar surface area (TPSA) is 63.2 Å². The van der Waals surface area contributed by atoms with Crippen molar-refractivity contribution in [1.82, 2.24) is 0 Å².